The number of benzene rings is 4. The number of amides is 1. The van der Waals surface area contributed by atoms with E-state index in [9.17, 15) is 14.4 Å². The number of hydrogen-bond acceptors (Lipinski definition) is 12. The number of rotatable bonds is 19. The monoisotopic (exact) mass is 910 g/mol. The lowest BCUT2D eigenvalue weighted by atomic mass is 9.97. The van der Waals surface area contributed by atoms with Crippen LogP contribution in [0.5, 0.6) is 23.5 Å². The van der Waals surface area contributed by atoms with E-state index in [-0.39, 0.29) is 23.5 Å². The number of nitrogens with zero attached hydrogens (tertiary/aromatic N) is 5. The molecule has 0 saturated carbocycles. The second-order valence-electron chi connectivity index (χ2n) is 15.9. The van der Waals surface area contributed by atoms with E-state index >= 15 is 0 Å². The second kappa shape index (κ2) is 21.7. The first-order valence-electron chi connectivity index (χ1n) is 21.9. The molecule has 0 atom stereocenters. The summed E-state index contributed by atoms with van der Waals surface area (Å²) in [4.78, 5) is 53.2. The van der Waals surface area contributed by atoms with Crippen LogP contribution in [-0.4, -0.2) is 68.2 Å². The highest BCUT2D eigenvalue weighted by molar-refractivity contribution is 5.92. The average Bonchev–Trinajstić information content (AvgIpc) is 3.37. The number of aromatic nitrogens is 6. The zero-order valence-electron chi connectivity index (χ0n) is 38.1. The fourth-order valence-corrected chi connectivity index (χ4v) is 7.81. The first kappa shape index (κ1) is 46.1. The van der Waals surface area contributed by atoms with Gasteiger partial charge in [-0.25, -0.2) is 4.79 Å². The van der Waals surface area contributed by atoms with E-state index in [1.165, 1.54) is 18.3 Å². The van der Waals surface area contributed by atoms with E-state index in [2.05, 4.69) is 92.8 Å². The molecule has 0 aliphatic carbocycles. The van der Waals surface area contributed by atoms with Gasteiger partial charge in [0.05, 0.1) is 25.5 Å². The third kappa shape index (κ3) is 11.1. The van der Waals surface area contributed by atoms with Crippen molar-refractivity contribution in [2.45, 2.75) is 40.2 Å². The number of methoxy groups -OCH3 is 2. The summed E-state index contributed by atoms with van der Waals surface area (Å²) >= 11 is 0. The zero-order chi connectivity index (χ0) is 47.4. The standard InChI is InChI=1S/C53H50N8O7/c1-34-40(17-11-19-42(34)36-13-7-5-8-14-36)32-67-47-25-21-38(51(56-47)65-3)30-61(28-27-54-50(63)46-24-23-45(59-60-46)44-29-55-53(64)58-49(44)62)31-39-22-26-48(57-52(39)66-4)68-33-41-18-12-20-43(35(41)2)37-15-9-6-10-16-37/h5-26,29H,27-28,30-33H2,1-4H3,(H,54,63)(H2,55,58,62,64). The normalized spacial score (nSPS) is 11.0. The summed E-state index contributed by atoms with van der Waals surface area (Å²) in [5.74, 6) is 1.14. The average molecular weight is 911 g/mol. The third-order valence-electron chi connectivity index (χ3n) is 11.5. The summed E-state index contributed by atoms with van der Waals surface area (Å²) in [6.45, 7) is 6.15. The Morgan fingerprint density at radius 3 is 1.63 bits per heavy atom. The van der Waals surface area contributed by atoms with E-state index in [0.717, 1.165) is 55.6 Å². The van der Waals surface area contributed by atoms with Gasteiger partial charge < -0.3 is 29.2 Å². The molecule has 0 aliphatic rings. The van der Waals surface area contributed by atoms with Gasteiger partial charge in [-0.15, -0.1) is 10.2 Å². The smallest absolute Gasteiger partial charge is 0.325 e. The van der Waals surface area contributed by atoms with Crippen LogP contribution in [0.4, 0.5) is 0 Å². The molecular weight excluding hydrogens is 861 g/mol. The van der Waals surface area contributed by atoms with E-state index < -0.39 is 17.2 Å². The second-order valence-corrected chi connectivity index (χ2v) is 15.9. The minimum atomic E-state index is -0.642. The van der Waals surface area contributed by atoms with Gasteiger partial charge in [0.2, 0.25) is 23.5 Å². The van der Waals surface area contributed by atoms with Gasteiger partial charge in [-0.2, -0.15) is 9.97 Å². The lowest BCUT2D eigenvalue weighted by Crippen LogP contribution is -2.35. The third-order valence-corrected chi connectivity index (χ3v) is 11.5. The molecule has 4 aromatic heterocycles. The van der Waals surface area contributed by atoms with Crippen molar-refractivity contribution in [3.8, 4) is 57.0 Å². The first-order valence-corrected chi connectivity index (χ1v) is 21.9. The Morgan fingerprint density at radius 2 is 1.15 bits per heavy atom. The van der Waals surface area contributed by atoms with E-state index in [1.807, 2.05) is 72.8 Å². The molecule has 1 amide bonds. The maximum absolute atomic E-state index is 13.3. The van der Waals surface area contributed by atoms with Gasteiger partial charge in [-0.05, 0) is 82.6 Å². The van der Waals surface area contributed by atoms with Gasteiger partial charge in [0.1, 0.15) is 13.2 Å². The highest BCUT2D eigenvalue weighted by atomic mass is 16.5. The highest BCUT2D eigenvalue weighted by Gasteiger charge is 2.19. The van der Waals surface area contributed by atoms with E-state index in [4.69, 9.17) is 28.9 Å². The summed E-state index contributed by atoms with van der Waals surface area (Å²) < 4.78 is 24.1. The van der Waals surface area contributed by atoms with Crippen molar-refractivity contribution < 1.29 is 23.7 Å². The van der Waals surface area contributed by atoms with E-state index in [0.29, 0.717) is 56.4 Å². The van der Waals surface area contributed by atoms with Crippen LogP contribution in [0, 0.1) is 13.8 Å². The Kier molecular flexibility index (Phi) is 14.7. The van der Waals surface area contributed by atoms with Crippen molar-refractivity contribution in [2.75, 3.05) is 27.3 Å². The molecule has 3 N–H and O–H groups in total. The molecule has 0 saturated heterocycles. The van der Waals surface area contributed by atoms with Crippen LogP contribution in [0.25, 0.3) is 33.5 Å². The molecule has 0 fully saturated rings. The zero-order valence-corrected chi connectivity index (χ0v) is 38.1. The summed E-state index contributed by atoms with van der Waals surface area (Å²) in [6.07, 6.45) is 1.25. The Hall–Kier alpha value is -8.43. The quantitative estimate of drug-likeness (QED) is 0.0714. The number of carbonyl (C=O) groups excluding carboxylic acids is 1. The Morgan fingerprint density at radius 1 is 0.603 bits per heavy atom. The fraction of sp³-hybridized carbons (Fsp3) is 0.189. The van der Waals surface area contributed by atoms with Gasteiger partial charge in [-0.1, -0.05) is 97.1 Å². The molecule has 8 rings (SSSR count). The predicted molar refractivity (Wildman–Crippen MR) is 259 cm³/mol. The lowest BCUT2D eigenvalue weighted by Gasteiger charge is -2.24. The Labute approximate surface area is 392 Å². The summed E-state index contributed by atoms with van der Waals surface area (Å²) in [5.41, 5.74) is 9.57. The Bertz CT molecular complexity index is 2980. The number of aromatic amines is 2. The highest BCUT2D eigenvalue weighted by Crippen LogP contribution is 2.30. The number of pyridine rings is 2. The van der Waals surface area contributed by atoms with Crippen LogP contribution in [0.1, 0.15) is 43.9 Å². The molecule has 344 valence electrons. The van der Waals surface area contributed by atoms with Gasteiger partial charge in [0, 0.05) is 55.6 Å². The minimum Gasteiger partial charge on any atom is -0.481 e. The molecule has 8 aromatic rings. The van der Waals surface area contributed by atoms with Crippen molar-refractivity contribution in [3.05, 3.63) is 200 Å². The van der Waals surface area contributed by atoms with Crippen LogP contribution < -0.4 is 35.5 Å². The molecule has 0 radical (unpaired) electrons. The maximum atomic E-state index is 13.3. The van der Waals surface area contributed by atoms with Gasteiger partial charge in [0.15, 0.2) is 5.69 Å². The number of hydrogen-bond donors (Lipinski definition) is 3. The number of ether oxygens (including phenoxy) is 4. The maximum Gasteiger partial charge on any atom is 0.325 e. The van der Waals surface area contributed by atoms with E-state index in [1.54, 1.807) is 14.2 Å². The molecule has 68 heavy (non-hydrogen) atoms. The lowest BCUT2D eigenvalue weighted by molar-refractivity contribution is 0.0941. The van der Waals surface area contributed by atoms with Crippen LogP contribution in [0.2, 0.25) is 0 Å². The SMILES string of the molecule is COc1nc(OCc2cccc(-c3ccccc3)c2C)ccc1CN(CCNC(=O)c1ccc(-c2c[nH]c(=O)[nH]c2=O)nn1)Cc1ccc(OCc2cccc(-c3ccccc3)c2C)nc1OC. The molecular formula is C53H50N8O7. The van der Waals surface area contributed by atoms with Gasteiger partial charge in [0.25, 0.3) is 11.5 Å². The Balaban J connectivity index is 0.980. The van der Waals surface area contributed by atoms with Gasteiger partial charge >= 0.3 is 5.69 Å². The van der Waals surface area contributed by atoms with Crippen molar-refractivity contribution in [3.63, 3.8) is 0 Å². The van der Waals surface area contributed by atoms with Crippen LogP contribution in [0.3, 0.4) is 0 Å². The molecule has 0 bridgehead atoms. The summed E-state index contributed by atoms with van der Waals surface area (Å²) in [5, 5.41) is 11.0. The van der Waals surface area contributed by atoms with Crippen molar-refractivity contribution in [2.24, 2.45) is 0 Å². The molecule has 15 heteroatoms. The minimum absolute atomic E-state index is 0.0491. The van der Waals surface area contributed by atoms with Crippen molar-refractivity contribution >= 4 is 5.91 Å². The van der Waals surface area contributed by atoms with Crippen LogP contribution in [-0.2, 0) is 26.3 Å². The number of carbonyl (C=O) groups is 1. The fourth-order valence-electron chi connectivity index (χ4n) is 7.81. The summed E-state index contributed by atoms with van der Waals surface area (Å²) in [7, 11) is 3.14. The van der Waals surface area contributed by atoms with Crippen LogP contribution >= 0.6 is 0 Å². The molecule has 0 aliphatic heterocycles. The number of nitrogens with one attached hydrogen (secondary N) is 3. The molecule has 0 unspecified atom stereocenters. The van der Waals surface area contributed by atoms with Crippen LogP contribution in [0.15, 0.2) is 149 Å². The predicted octanol–water partition coefficient (Wildman–Crippen LogP) is 7.87. The topological polar surface area (TPSA) is 187 Å². The van der Waals surface area contributed by atoms with Crippen molar-refractivity contribution in [1.29, 1.82) is 0 Å². The largest absolute Gasteiger partial charge is 0.481 e. The molecule has 15 nitrogen and oxygen atoms in total. The first-order chi connectivity index (χ1) is 33.2. The summed E-state index contributed by atoms with van der Waals surface area (Å²) in [6, 6.07) is 43.3. The molecule has 0 spiro atoms. The van der Waals surface area contributed by atoms with Gasteiger partial charge in [-0.3, -0.25) is 19.5 Å². The van der Waals surface area contributed by atoms with Crippen molar-refractivity contribution in [1.82, 2.24) is 40.3 Å². The molecule has 4 heterocycles. The molecule has 4 aromatic carbocycles. The number of H-pyrrole nitrogens is 2.